The Morgan fingerprint density at radius 3 is 2.41 bits per heavy atom. The third kappa shape index (κ3) is 7.24. The molecule has 0 bridgehead atoms. The maximum atomic E-state index is 12.2. The van der Waals surface area contributed by atoms with Crippen molar-refractivity contribution in [3.63, 3.8) is 0 Å². The van der Waals surface area contributed by atoms with Crippen LogP contribution in [0.25, 0.3) is 0 Å². The number of hydrogen-bond donors (Lipinski definition) is 2. The van der Waals surface area contributed by atoms with Gasteiger partial charge in [0.1, 0.15) is 5.82 Å². The summed E-state index contributed by atoms with van der Waals surface area (Å²) in [6, 6.07) is 2.98. The largest absolute Gasteiger partial charge is 0.481 e. The summed E-state index contributed by atoms with van der Waals surface area (Å²) in [5.41, 5.74) is 6.36. The van der Waals surface area contributed by atoms with E-state index in [1.165, 1.54) is 0 Å². The average Bonchev–Trinajstić information content (AvgIpc) is 2.65. The van der Waals surface area contributed by atoms with Gasteiger partial charge in [-0.25, -0.2) is 4.98 Å². The molecule has 0 fully saturated rings. The van der Waals surface area contributed by atoms with E-state index in [1.807, 2.05) is 20.8 Å². The molecule has 0 aliphatic carbocycles. The van der Waals surface area contributed by atoms with Crippen molar-refractivity contribution >= 4 is 24.0 Å². The zero-order chi connectivity index (χ0) is 20.4. The molecule has 0 saturated carbocycles. The fourth-order valence-corrected chi connectivity index (χ4v) is 2.66. The van der Waals surface area contributed by atoms with Gasteiger partial charge in [0.2, 0.25) is 5.91 Å². The van der Waals surface area contributed by atoms with Crippen molar-refractivity contribution in [1.82, 2.24) is 14.8 Å². The monoisotopic (exact) mass is 377 g/mol. The number of aromatic nitrogens is 1. The van der Waals surface area contributed by atoms with Crippen LogP contribution < -0.4 is 5.73 Å². The predicted octanol–water partition coefficient (Wildman–Crippen LogP) is 1.51. The van der Waals surface area contributed by atoms with Crippen molar-refractivity contribution in [2.24, 2.45) is 10.9 Å². The summed E-state index contributed by atoms with van der Waals surface area (Å²) in [5.74, 6) is -1.18. The summed E-state index contributed by atoms with van der Waals surface area (Å²) in [6.45, 7) is 9.75. The number of pyridine rings is 1. The maximum Gasteiger partial charge on any atom is 0.309 e. The van der Waals surface area contributed by atoms with Crippen molar-refractivity contribution in [2.45, 2.75) is 40.2 Å². The number of rotatable bonds is 11. The number of carbonyl (C=O) groups excluding carboxylic acids is 1. The molecule has 2 unspecified atom stereocenters. The van der Waals surface area contributed by atoms with E-state index in [0.717, 1.165) is 5.56 Å². The Morgan fingerprint density at radius 2 is 1.93 bits per heavy atom. The van der Waals surface area contributed by atoms with Crippen LogP contribution >= 0.6 is 0 Å². The smallest absolute Gasteiger partial charge is 0.309 e. The summed E-state index contributed by atoms with van der Waals surface area (Å²) in [4.78, 5) is 35.9. The SMILES string of the molecule is CCN(C=NC(C)C(Cc1ccc(N)nc1)C(=O)O)CC(=O)N(CC)CC. The number of anilines is 1. The van der Waals surface area contributed by atoms with Crippen molar-refractivity contribution in [3.8, 4) is 0 Å². The van der Waals surface area contributed by atoms with E-state index in [-0.39, 0.29) is 12.5 Å². The summed E-state index contributed by atoms with van der Waals surface area (Å²) in [6.07, 6.45) is 3.48. The topological polar surface area (TPSA) is 112 Å². The zero-order valence-electron chi connectivity index (χ0n) is 16.6. The van der Waals surface area contributed by atoms with E-state index < -0.39 is 17.9 Å². The van der Waals surface area contributed by atoms with Gasteiger partial charge in [0.25, 0.3) is 0 Å². The predicted molar refractivity (Wildman–Crippen MR) is 107 cm³/mol. The molecule has 3 N–H and O–H groups in total. The van der Waals surface area contributed by atoms with Crippen LogP contribution in [0.1, 0.15) is 33.3 Å². The second-order valence-electron chi connectivity index (χ2n) is 6.37. The number of carboxylic acids is 1. The first-order chi connectivity index (χ1) is 12.8. The lowest BCUT2D eigenvalue weighted by Crippen LogP contribution is -2.40. The minimum atomic E-state index is -0.918. The summed E-state index contributed by atoms with van der Waals surface area (Å²) in [7, 11) is 0. The first-order valence-electron chi connectivity index (χ1n) is 9.30. The molecule has 0 aromatic carbocycles. The van der Waals surface area contributed by atoms with Gasteiger partial charge >= 0.3 is 5.97 Å². The van der Waals surface area contributed by atoms with Crippen LogP contribution in [-0.4, -0.2) is 70.3 Å². The van der Waals surface area contributed by atoms with E-state index >= 15 is 0 Å². The lowest BCUT2D eigenvalue weighted by Gasteiger charge is -2.24. The maximum absolute atomic E-state index is 12.2. The Hall–Kier alpha value is -2.64. The molecular formula is C19H31N5O3. The molecule has 0 saturated heterocycles. The molecule has 150 valence electrons. The highest BCUT2D eigenvalue weighted by Gasteiger charge is 2.25. The van der Waals surface area contributed by atoms with Crippen LogP contribution in [0, 0.1) is 5.92 Å². The number of hydrogen-bond acceptors (Lipinski definition) is 5. The number of nitrogens with zero attached hydrogens (tertiary/aromatic N) is 4. The standard InChI is InChI=1S/C19H31N5O3/c1-5-23(12-18(25)24(6-2)7-3)13-22-14(4)16(19(26)27)10-15-8-9-17(20)21-11-15/h8-9,11,13-14,16H,5-7,10,12H2,1-4H3,(H2,20,21)(H,26,27). The lowest BCUT2D eigenvalue weighted by molar-refractivity contribution is -0.142. The van der Waals surface area contributed by atoms with Gasteiger partial charge < -0.3 is 20.6 Å². The summed E-state index contributed by atoms with van der Waals surface area (Å²) in [5, 5.41) is 9.57. The van der Waals surface area contributed by atoms with Gasteiger partial charge in [-0.15, -0.1) is 0 Å². The number of nitrogens with two attached hydrogens (primary N) is 1. The van der Waals surface area contributed by atoms with Crippen molar-refractivity contribution in [1.29, 1.82) is 0 Å². The van der Waals surface area contributed by atoms with Crippen molar-refractivity contribution in [2.75, 3.05) is 31.9 Å². The first kappa shape index (κ1) is 22.4. The Morgan fingerprint density at radius 1 is 1.26 bits per heavy atom. The molecule has 0 aliphatic rings. The number of aliphatic imine (C=N–C) groups is 1. The van der Waals surface area contributed by atoms with Gasteiger partial charge in [-0.2, -0.15) is 0 Å². The zero-order valence-corrected chi connectivity index (χ0v) is 16.6. The molecule has 8 nitrogen and oxygen atoms in total. The third-order valence-electron chi connectivity index (χ3n) is 4.53. The molecule has 2 atom stereocenters. The van der Waals surface area contributed by atoms with Crippen LogP contribution in [-0.2, 0) is 16.0 Å². The Kier molecular flexibility index (Phi) is 9.25. The molecule has 1 aromatic heterocycles. The molecule has 1 heterocycles. The quantitative estimate of drug-likeness (QED) is 0.447. The van der Waals surface area contributed by atoms with Crippen LogP contribution in [0.3, 0.4) is 0 Å². The number of carbonyl (C=O) groups is 2. The Labute approximate surface area is 161 Å². The molecule has 1 rings (SSSR count). The van der Waals surface area contributed by atoms with Crippen LogP contribution in [0.5, 0.6) is 0 Å². The minimum Gasteiger partial charge on any atom is -0.481 e. The average molecular weight is 377 g/mol. The van der Waals surface area contributed by atoms with Gasteiger partial charge in [-0.1, -0.05) is 6.07 Å². The highest BCUT2D eigenvalue weighted by Crippen LogP contribution is 2.16. The molecule has 0 aliphatic heterocycles. The molecule has 1 aromatic rings. The van der Waals surface area contributed by atoms with Crippen LogP contribution in [0.4, 0.5) is 5.82 Å². The van der Waals surface area contributed by atoms with Gasteiger partial charge in [-0.3, -0.25) is 14.6 Å². The van der Waals surface area contributed by atoms with E-state index in [9.17, 15) is 14.7 Å². The lowest BCUT2D eigenvalue weighted by atomic mass is 9.94. The molecule has 0 spiro atoms. The second-order valence-corrected chi connectivity index (χ2v) is 6.37. The van der Waals surface area contributed by atoms with Crippen molar-refractivity contribution < 1.29 is 14.7 Å². The van der Waals surface area contributed by atoms with Gasteiger partial charge in [0.15, 0.2) is 0 Å². The number of amides is 1. The number of likely N-dealkylation sites (N-methyl/N-ethyl adjacent to an activating group) is 2. The van der Waals surface area contributed by atoms with Gasteiger partial charge in [-0.05, 0) is 45.7 Å². The van der Waals surface area contributed by atoms with Crippen LogP contribution in [0.15, 0.2) is 23.3 Å². The Bertz CT molecular complexity index is 629. The number of carboxylic acid groups (broad SMARTS) is 1. The van der Waals surface area contributed by atoms with Gasteiger partial charge in [0.05, 0.1) is 24.8 Å². The molecule has 0 radical (unpaired) electrons. The summed E-state index contributed by atoms with van der Waals surface area (Å²) < 4.78 is 0. The van der Waals surface area contributed by atoms with E-state index in [2.05, 4.69) is 9.98 Å². The fraction of sp³-hybridized carbons (Fsp3) is 0.579. The number of nitrogen functional groups attached to an aromatic ring is 1. The Balaban J connectivity index is 2.77. The molecule has 8 heteroatoms. The van der Waals surface area contributed by atoms with Gasteiger partial charge in [0, 0.05) is 25.8 Å². The van der Waals surface area contributed by atoms with E-state index in [0.29, 0.717) is 31.9 Å². The third-order valence-corrected chi connectivity index (χ3v) is 4.53. The number of aliphatic carboxylic acids is 1. The summed E-state index contributed by atoms with van der Waals surface area (Å²) >= 11 is 0. The fourth-order valence-electron chi connectivity index (χ4n) is 2.66. The first-order valence-corrected chi connectivity index (χ1v) is 9.30. The van der Waals surface area contributed by atoms with Crippen molar-refractivity contribution in [3.05, 3.63) is 23.9 Å². The highest BCUT2D eigenvalue weighted by molar-refractivity contribution is 5.80. The molecule has 1 amide bonds. The minimum absolute atomic E-state index is 0.0312. The van der Waals surface area contributed by atoms with E-state index in [4.69, 9.17) is 5.73 Å². The normalized spacial score (nSPS) is 13.3. The molecule has 27 heavy (non-hydrogen) atoms. The van der Waals surface area contributed by atoms with E-state index in [1.54, 1.807) is 41.4 Å². The van der Waals surface area contributed by atoms with Crippen LogP contribution in [0.2, 0.25) is 0 Å². The second kappa shape index (κ2) is 11.2. The highest BCUT2D eigenvalue weighted by atomic mass is 16.4. The molecular weight excluding hydrogens is 346 g/mol.